The van der Waals surface area contributed by atoms with Gasteiger partial charge < -0.3 is 19.5 Å². The van der Waals surface area contributed by atoms with Crippen LogP contribution in [0.4, 0.5) is 4.79 Å². The molecule has 1 aromatic carbocycles. The second-order valence-corrected chi connectivity index (χ2v) is 6.51. The van der Waals surface area contributed by atoms with Crippen molar-refractivity contribution >= 4 is 17.9 Å². The zero-order chi connectivity index (χ0) is 19.6. The number of urea groups is 1. The molecular weight excluding hydrogens is 352 g/mol. The highest BCUT2D eigenvalue weighted by Gasteiger charge is 2.23. The summed E-state index contributed by atoms with van der Waals surface area (Å²) in [6.07, 6.45) is 4.19. The third-order valence-corrected chi connectivity index (χ3v) is 4.46. The molecule has 8 nitrogen and oxygen atoms in total. The molecule has 2 N–H and O–H groups in total. The first-order valence-electron chi connectivity index (χ1n) is 9.00. The average Bonchev–Trinajstić information content (AvgIpc) is 2.67. The van der Waals surface area contributed by atoms with Gasteiger partial charge in [-0.25, -0.2) is 9.59 Å². The number of carbonyl (C=O) groups is 3. The third kappa shape index (κ3) is 7.16. The Balaban J connectivity index is 1.63. The lowest BCUT2D eigenvalue weighted by Crippen LogP contribution is -2.48. The van der Waals surface area contributed by atoms with Crippen LogP contribution in [-0.4, -0.2) is 44.3 Å². The minimum atomic E-state index is -0.706. The molecule has 8 heteroatoms. The van der Waals surface area contributed by atoms with Gasteiger partial charge in [0.25, 0.3) is 5.91 Å². The molecule has 148 valence electrons. The molecule has 0 unspecified atom stereocenters. The zero-order valence-electron chi connectivity index (χ0n) is 15.7. The molecule has 1 aromatic rings. The van der Waals surface area contributed by atoms with Crippen LogP contribution in [0.25, 0.3) is 0 Å². The lowest BCUT2D eigenvalue weighted by Gasteiger charge is -2.29. The number of benzene rings is 1. The number of amides is 3. The van der Waals surface area contributed by atoms with Crippen LogP contribution in [-0.2, 0) is 14.3 Å². The highest BCUT2D eigenvalue weighted by atomic mass is 16.6. The molecule has 3 amide bonds. The number of methoxy groups -OCH3 is 1. The van der Waals surface area contributed by atoms with Gasteiger partial charge in [-0.15, -0.1) is 0 Å². The van der Waals surface area contributed by atoms with E-state index in [1.807, 2.05) is 0 Å². The average molecular weight is 378 g/mol. The van der Waals surface area contributed by atoms with Gasteiger partial charge in [-0.2, -0.15) is 0 Å². The fraction of sp³-hybridized carbons (Fsp3) is 0.526. The zero-order valence-corrected chi connectivity index (χ0v) is 15.7. The van der Waals surface area contributed by atoms with E-state index in [4.69, 9.17) is 14.2 Å². The number of ether oxygens (including phenoxy) is 3. The van der Waals surface area contributed by atoms with Crippen LogP contribution >= 0.6 is 0 Å². The summed E-state index contributed by atoms with van der Waals surface area (Å²) in [7, 11) is 1.55. The van der Waals surface area contributed by atoms with Crippen LogP contribution in [0.3, 0.4) is 0 Å². The molecule has 0 spiro atoms. The normalized spacial score (nSPS) is 18.9. The van der Waals surface area contributed by atoms with E-state index in [-0.39, 0.29) is 12.6 Å². The quantitative estimate of drug-likeness (QED) is 0.704. The third-order valence-electron chi connectivity index (χ3n) is 4.46. The number of imide groups is 1. The number of esters is 1. The fourth-order valence-corrected chi connectivity index (χ4v) is 2.90. The van der Waals surface area contributed by atoms with Crippen LogP contribution in [0.5, 0.6) is 11.5 Å². The van der Waals surface area contributed by atoms with Crippen LogP contribution in [0.2, 0.25) is 0 Å². The SMILES string of the molecule is COc1ccc(OCC(=O)OCC(=O)NC(=O)N[C@H]2CCCC[C@@H]2C)cc1. The van der Waals surface area contributed by atoms with Gasteiger partial charge in [-0.3, -0.25) is 10.1 Å². The molecule has 1 saturated carbocycles. The summed E-state index contributed by atoms with van der Waals surface area (Å²) in [6, 6.07) is 6.18. The predicted molar refractivity (Wildman–Crippen MR) is 97.5 cm³/mol. The fourth-order valence-electron chi connectivity index (χ4n) is 2.90. The highest BCUT2D eigenvalue weighted by molar-refractivity contribution is 5.95. The van der Waals surface area contributed by atoms with E-state index >= 15 is 0 Å². The Bertz CT molecular complexity index is 646. The van der Waals surface area contributed by atoms with Crippen LogP contribution in [0, 0.1) is 5.92 Å². The number of hydrogen-bond acceptors (Lipinski definition) is 6. The van der Waals surface area contributed by atoms with E-state index in [1.54, 1.807) is 31.4 Å². The van der Waals surface area contributed by atoms with Gasteiger partial charge in [0.05, 0.1) is 7.11 Å². The van der Waals surface area contributed by atoms with Gasteiger partial charge in [0.1, 0.15) is 11.5 Å². The highest BCUT2D eigenvalue weighted by Crippen LogP contribution is 2.23. The Morgan fingerprint density at radius 2 is 1.70 bits per heavy atom. The topological polar surface area (TPSA) is 103 Å². The van der Waals surface area contributed by atoms with Gasteiger partial charge in [0.15, 0.2) is 13.2 Å². The first-order valence-corrected chi connectivity index (χ1v) is 9.00. The van der Waals surface area contributed by atoms with E-state index in [9.17, 15) is 14.4 Å². The molecule has 0 heterocycles. The molecule has 0 saturated heterocycles. The Morgan fingerprint density at radius 1 is 1.04 bits per heavy atom. The smallest absolute Gasteiger partial charge is 0.344 e. The van der Waals surface area contributed by atoms with Gasteiger partial charge in [0.2, 0.25) is 0 Å². The van der Waals surface area contributed by atoms with Crippen LogP contribution in [0.15, 0.2) is 24.3 Å². The molecule has 27 heavy (non-hydrogen) atoms. The van der Waals surface area contributed by atoms with Crippen LogP contribution < -0.4 is 20.1 Å². The summed E-state index contributed by atoms with van der Waals surface area (Å²) in [5, 5.41) is 4.97. The molecule has 2 rings (SSSR count). The van der Waals surface area contributed by atoms with Crippen molar-refractivity contribution in [3.63, 3.8) is 0 Å². The maximum Gasteiger partial charge on any atom is 0.344 e. The van der Waals surface area contributed by atoms with Crippen LogP contribution in [0.1, 0.15) is 32.6 Å². The lowest BCUT2D eigenvalue weighted by atomic mass is 9.86. The van der Waals surface area contributed by atoms with E-state index in [1.165, 1.54) is 0 Å². The van der Waals surface area contributed by atoms with E-state index in [2.05, 4.69) is 17.6 Å². The maximum atomic E-state index is 11.9. The second-order valence-electron chi connectivity index (χ2n) is 6.51. The molecule has 1 fully saturated rings. The predicted octanol–water partition coefficient (Wildman–Crippen LogP) is 2.02. The molecule has 0 aromatic heterocycles. The Hall–Kier alpha value is -2.77. The number of carbonyl (C=O) groups excluding carboxylic acids is 3. The van der Waals surface area contributed by atoms with Crippen molar-refractivity contribution in [1.29, 1.82) is 0 Å². The monoisotopic (exact) mass is 378 g/mol. The van der Waals surface area contributed by atoms with Gasteiger partial charge in [-0.1, -0.05) is 19.8 Å². The summed E-state index contributed by atoms with van der Waals surface area (Å²) in [5.74, 6) is 0.129. The van der Waals surface area contributed by atoms with Crippen molar-refractivity contribution in [2.45, 2.75) is 38.6 Å². The van der Waals surface area contributed by atoms with Crippen molar-refractivity contribution in [2.75, 3.05) is 20.3 Å². The number of nitrogens with one attached hydrogen (secondary N) is 2. The van der Waals surface area contributed by atoms with E-state index in [0.717, 1.165) is 25.7 Å². The molecule has 2 atom stereocenters. The molecule has 0 radical (unpaired) electrons. The standard InChI is InChI=1S/C19H26N2O6/c1-13-5-3-4-6-16(13)20-19(24)21-17(22)11-27-18(23)12-26-15-9-7-14(25-2)8-10-15/h7-10,13,16H,3-6,11-12H2,1-2H3,(H2,20,21,22,24)/t13-,16-/m0/s1. The van der Waals surface area contributed by atoms with Gasteiger partial charge in [0, 0.05) is 6.04 Å². The van der Waals surface area contributed by atoms with Crippen molar-refractivity contribution in [3.8, 4) is 11.5 Å². The minimum Gasteiger partial charge on any atom is -0.497 e. The maximum absolute atomic E-state index is 11.9. The number of hydrogen-bond donors (Lipinski definition) is 2. The van der Waals surface area contributed by atoms with Crippen molar-refractivity contribution in [1.82, 2.24) is 10.6 Å². The summed E-state index contributed by atoms with van der Waals surface area (Å²) >= 11 is 0. The molecule has 0 bridgehead atoms. The minimum absolute atomic E-state index is 0.0620. The van der Waals surface area contributed by atoms with E-state index in [0.29, 0.717) is 17.4 Å². The Labute approximate surface area is 158 Å². The largest absolute Gasteiger partial charge is 0.497 e. The van der Waals surface area contributed by atoms with Crippen molar-refractivity contribution < 1.29 is 28.6 Å². The first kappa shape index (κ1) is 20.5. The summed E-state index contributed by atoms with van der Waals surface area (Å²) < 4.78 is 15.1. The molecule has 1 aliphatic carbocycles. The molecule has 1 aliphatic rings. The summed E-state index contributed by atoms with van der Waals surface area (Å²) in [6.45, 7) is 1.19. The Kier molecular flexibility index (Phi) is 7.91. The molecular formula is C19H26N2O6. The van der Waals surface area contributed by atoms with E-state index < -0.39 is 24.5 Å². The van der Waals surface area contributed by atoms with Gasteiger partial charge in [-0.05, 0) is 43.0 Å². The van der Waals surface area contributed by atoms with Crippen molar-refractivity contribution in [2.24, 2.45) is 5.92 Å². The Morgan fingerprint density at radius 3 is 2.37 bits per heavy atom. The molecule has 0 aliphatic heterocycles. The summed E-state index contributed by atoms with van der Waals surface area (Å²) in [5.41, 5.74) is 0. The number of rotatable bonds is 7. The lowest BCUT2D eigenvalue weighted by molar-refractivity contribution is -0.150. The first-order chi connectivity index (χ1) is 13.0. The summed E-state index contributed by atoms with van der Waals surface area (Å²) in [4.78, 5) is 35.2. The second kappa shape index (κ2) is 10.4. The van der Waals surface area contributed by atoms with Gasteiger partial charge >= 0.3 is 12.0 Å². The van der Waals surface area contributed by atoms with Crippen molar-refractivity contribution in [3.05, 3.63) is 24.3 Å².